The molecule has 1 atom stereocenters. The SMILES string of the molecule is C[C@H](N)Cc1ccc(Br)c([N+](=O)[O-])c1. The highest BCUT2D eigenvalue weighted by atomic mass is 79.9. The Bertz CT molecular complexity index is 353. The second kappa shape index (κ2) is 4.52. The Morgan fingerprint density at radius 1 is 1.64 bits per heavy atom. The maximum absolute atomic E-state index is 10.6. The van der Waals surface area contributed by atoms with Gasteiger partial charge in [0.15, 0.2) is 0 Å². The topological polar surface area (TPSA) is 69.2 Å². The van der Waals surface area contributed by atoms with Gasteiger partial charge in [-0.1, -0.05) is 6.07 Å². The zero-order valence-electron chi connectivity index (χ0n) is 7.74. The molecule has 0 fully saturated rings. The molecule has 0 heterocycles. The van der Waals surface area contributed by atoms with Crippen LogP contribution >= 0.6 is 15.9 Å². The van der Waals surface area contributed by atoms with Crippen LogP contribution in [0.15, 0.2) is 22.7 Å². The number of hydrogen-bond donors (Lipinski definition) is 1. The zero-order valence-corrected chi connectivity index (χ0v) is 9.32. The van der Waals surface area contributed by atoms with Crippen molar-refractivity contribution in [2.45, 2.75) is 19.4 Å². The molecule has 0 unspecified atom stereocenters. The van der Waals surface area contributed by atoms with Crippen molar-refractivity contribution < 1.29 is 4.92 Å². The molecule has 0 aliphatic carbocycles. The molecular formula is C9H11BrN2O2. The third kappa shape index (κ3) is 2.78. The number of nitrogens with two attached hydrogens (primary N) is 1. The summed E-state index contributed by atoms with van der Waals surface area (Å²) in [7, 11) is 0. The average molecular weight is 259 g/mol. The molecule has 4 nitrogen and oxygen atoms in total. The monoisotopic (exact) mass is 258 g/mol. The van der Waals surface area contributed by atoms with Gasteiger partial charge in [0.2, 0.25) is 0 Å². The van der Waals surface area contributed by atoms with Crippen LogP contribution in [0.25, 0.3) is 0 Å². The van der Waals surface area contributed by atoms with Crippen LogP contribution in [0, 0.1) is 10.1 Å². The third-order valence-corrected chi connectivity index (χ3v) is 2.44. The molecule has 0 aliphatic rings. The van der Waals surface area contributed by atoms with Crippen LogP contribution in [0.1, 0.15) is 12.5 Å². The van der Waals surface area contributed by atoms with Crippen LogP contribution < -0.4 is 5.73 Å². The van der Waals surface area contributed by atoms with Crippen molar-refractivity contribution in [1.82, 2.24) is 0 Å². The first kappa shape index (κ1) is 11.1. The molecule has 0 amide bonds. The van der Waals surface area contributed by atoms with Crippen LogP contribution in [-0.4, -0.2) is 11.0 Å². The third-order valence-electron chi connectivity index (χ3n) is 1.76. The van der Waals surface area contributed by atoms with Crippen LogP contribution in [0.4, 0.5) is 5.69 Å². The first-order valence-electron chi connectivity index (χ1n) is 4.19. The molecule has 14 heavy (non-hydrogen) atoms. The van der Waals surface area contributed by atoms with Crippen LogP contribution in [0.2, 0.25) is 0 Å². The highest BCUT2D eigenvalue weighted by molar-refractivity contribution is 9.10. The molecular weight excluding hydrogens is 248 g/mol. The smallest absolute Gasteiger partial charge is 0.283 e. The van der Waals surface area contributed by atoms with Gasteiger partial charge < -0.3 is 5.73 Å². The number of nitro groups is 1. The van der Waals surface area contributed by atoms with E-state index in [0.29, 0.717) is 10.9 Å². The molecule has 5 heteroatoms. The van der Waals surface area contributed by atoms with Crippen molar-refractivity contribution in [3.05, 3.63) is 38.3 Å². The number of rotatable bonds is 3. The average Bonchev–Trinajstić information content (AvgIpc) is 2.07. The molecule has 1 aromatic rings. The van der Waals surface area contributed by atoms with E-state index in [9.17, 15) is 10.1 Å². The Morgan fingerprint density at radius 2 is 2.29 bits per heavy atom. The lowest BCUT2D eigenvalue weighted by Crippen LogP contribution is -2.17. The van der Waals surface area contributed by atoms with E-state index in [0.717, 1.165) is 5.56 Å². The summed E-state index contributed by atoms with van der Waals surface area (Å²) in [4.78, 5) is 10.2. The van der Waals surface area contributed by atoms with Crippen molar-refractivity contribution in [3.63, 3.8) is 0 Å². The quantitative estimate of drug-likeness (QED) is 0.668. The predicted octanol–water partition coefficient (Wildman–Crippen LogP) is 2.25. The first-order chi connectivity index (χ1) is 6.50. The molecule has 0 saturated heterocycles. The molecule has 2 N–H and O–H groups in total. The number of hydrogen-bond acceptors (Lipinski definition) is 3. The molecule has 76 valence electrons. The number of halogens is 1. The summed E-state index contributed by atoms with van der Waals surface area (Å²) in [6.45, 7) is 1.87. The molecule has 0 spiro atoms. The van der Waals surface area contributed by atoms with E-state index in [1.54, 1.807) is 12.1 Å². The lowest BCUT2D eigenvalue weighted by molar-refractivity contribution is -0.385. The molecule has 1 aromatic carbocycles. The number of nitro benzene ring substituents is 1. The van der Waals surface area contributed by atoms with Crippen LogP contribution in [0.5, 0.6) is 0 Å². The minimum atomic E-state index is -0.408. The first-order valence-corrected chi connectivity index (χ1v) is 4.98. The Labute approximate surface area is 90.4 Å². The maximum atomic E-state index is 10.6. The fourth-order valence-corrected chi connectivity index (χ4v) is 1.59. The van der Waals surface area contributed by atoms with Gasteiger partial charge in [-0.3, -0.25) is 10.1 Å². The van der Waals surface area contributed by atoms with Crippen molar-refractivity contribution >= 4 is 21.6 Å². The minimum Gasteiger partial charge on any atom is -0.328 e. The van der Waals surface area contributed by atoms with Crippen molar-refractivity contribution in [2.75, 3.05) is 0 Å². The predicted molar refractivity (Wildman–Crippen MR) is 58.1 cm³/mol. The van der Waals surface area contributed by atoms with Gasteiger partial charge in [0, 0.05) is 12.1 Å². The van der Waals surface area contributed by atoms with Gasteiger partial charge in [-0.25, -0.2) is 0 Å². The van der Waals surface area contributed by atoms with Crippen LogP contribution in [0.3, 0.4) is 0 Å². The Balaban J connectivity index is 3.00. The van der Waals surface area contributed by atoms with E-state index in [4.69, 9.17) is 5.73 Å². The molecule has 0 aliphatic heterocycles. The maximum Gasteiger partial charge on any atom is 0.283 e. The van der Waals surface area contributed by atoms with Gasteiger partial charge in [0.25, 0.3) is 5.69 Å². The summed E-state index contributed by atoms with van der Waals surface area (Å²) in [5.41, 5.74) is 6.58. The Morgan fingerprint density at radius 3 is 2.79 bits per heavy atom. The van der Waals surface area contributed by atoms with E-state index in [2.05, 4.69) is 15.9 Å². The van der Waals surface area contributed by atoms with E-state index in [1.165, 1.54) is 0 Å². The number of nitrogens with zero attached hydrogens (tertiary/aromatic N) is 1. The van der Waals surface area contributed by atoms with E-state index in [-0.39, 0.29) is 11.7 Å². The molecule has 1 rings (SSSR count). The normalized spacial score (nSPS) is 12.5. The van der Waals surface area contributed by atoms with E-state index >= 15 is 0 Å². The molecule has 0 aromatic heterocycles. The van der Waals surface area contributed by atoms with Crippen molar-refractivity contribution in [2.24, 2.45) is 5.73 Å². The van der Waals surface area contributed by atoms with Gasteiger partial charge in [-0.15, -0.1) is 0 Å². The second-order valence-corrected chi connectivity index (χ2v) is 4.08. The van der Waals surface area contributed by atoms with E-state index < -0.39 is 4.92 Å². The van der Waals surface area contributed by atoms with E-state index in [1.807, 2.05) is 13.0 Å². The van der Waals surface area contributed by atoms with Gasteiger partial charge in [0.1, 0.15) is 0 Å². The molecule has 0 radical (unpaired) electrons. The summed E-state index contributed by atoms with van der Waals surface area (Å²) < 4.78 is 0.496. The lowest BCUT2D eigenvalue weighted by atomic mass is 10.1. The largest absolute Gasteiger partial charge is 0.328 e. The Kier molecular flexibility index (Phi) is 3.60. The summed E-state index contributed by atoms with van der Waals surface area (Å²) in [6, 6.07) is 5.07. The minimum absolute atomic E-state index is 0.00998. The molecule has 0 saturated carbocycles. The lowest BCUT2D eigenvalue weighted by Gasteiger charge is -2.05. The van der Waals surface area contributed by atoms with Gasteiger partial charge >= 0.3 is 0 Å². The van der Waals surface area contributed by atoms with Crippen LogP contribution in [-0.2, 0) is 6.42 Å². The summed E-state index contributed by atoms with van der Waals surface area (Å²) in [5.74, 6) is 0. The summed E-state index contributed by atoms with van der Waals surface area (Å²) >= 11 is 3.12. The van der Waals surface area contributed by atoms with Gasteiger partial charge in [-0.05, 0) is 40.9 Å². The highest BCUT2D eigenvalue weighted by Crippen LogP contribution is 2.25. The standard InChI is InChI=1S/C9H11BrN2O2/c1-6(11)4-7-2-3-8(10)9(5-7)12(13)14/h2-3,5-6H,4,11H2,1H3/t6-/m0/s1. The van der Waals surface area contributed by atoms with Crippen molar-refractivity contribution in [3.8, 4) is 0 Å². The second-order valence-electron chi connectivity index (χ2n) is 3.22. The van der Waals surface area contributed by atoms with Gasteiger partial charge in [-0.2, -0.15) is 0 Å². The fourth-order valence-electron chi connectivity index (χ4n) is 1.20. The zero-order chi connectivity index (χ0) is 10.7. The summed E-state index contributed by atoms with van der Waals surface area (Å²) in [5, 5.41) is 10.6. The summed E-state index contributed by atoms with van der Waals surface area (Å²) in [6.07, 6.45) is 0.647. The fraction of sp³-hybridized carbons (Fsp3) is 0.333. The highest BCUT2D eigenvalue weighted by Gasteiger charge is 2.12. The van der Waals surface area contributed by atoms with Crippen molar-refractivity contribution in [1.29, 1.82) is 0 Å². The number of benzene rings is 1. The Hall–Kier alpha value is -0.940. The van der Waals surface area contributed by atoms with Gasteiger partial charge in [0.05, 0.1) is 9.40 Å². The molecule has 0 bridgehead atoms.